The third-order valence-corrected chi connectivity index (χ3v) is 3.09. The average molecular weight is 257 g/mol. The number of benzene rings is 1. The second-order valence-corrected chi connectivity index (χ2v) is 5.18. The van der Waals surface area contributed by atoms with Crippen LogP contribution in [0.1, 0.15) is 32.8 Å². The van der Waals surface area contributed by atoms with Gasteiger partial charge in [-0.3, -0.25) is 4.68 Å². The fourth-order valence-corrected chi connectivity index (χ4v) is 2.13. The first kappa shape index (κ1) is 13.8. The average Bonchev–Trinajstić information content (AvgIpc) is 2.85. The van der Waals surface area contributed by atoms with Crippen molar-refractivity contribution in [2.45, 2.75) is 46.3 Å². The van der Waals surface area contributed by atoms with Gasteiger partial charge in [0.15, 0.2) is 0 Å². The summed E-state index contributed by atoms with van der Waals surface area (Å²) in [6, 6.07) is 11.3. The molecule has 0 fully saturated rings. The van der Waals surface area contributed by atoms with E-state index in [9.17, 15) is 0 Å². The van der Waals surface area contributed by atoms with Crippen LogP contribution < -0.4 is 5.32 Å². The maximum absolute atomic E-state index is 4.39. The topological polar surface area (TPSA) is 29.9 Å². The van der Waals surface area contributed by atoms with Gasteiger partial charge >= 0.3 is 0 Å². The Kier molecular flexibility index (Phi) is 4.74. The van der Waals surface area contributed by atoms with Crippen LogP contribution in [0.2, 0.25) is 0 Å². The lowest BCUT2D eigenvalue weighted by molar-refractivity contribution is 0.588. The van der Waals surface area contributed by atoms with E-state index >= 15 is 0 Å². The van der Waals surface area contributed by atoms with Gasteiger partial charge in [-0.15, -0.1) is 0 Å². The van der Waals surface area contributed by atoms with Crippen LogP contribution in [0.4, 0.5) is 0 Å². The van der Waals surface area contributed by atoms with Crippen LogP contribution in [0.5, 0.6) is 0 Å². The van der Waals surface area contributed by atoms with E-state index in [2.05, 4.69) is 66.2 Å². The second kappa shape index (κ2) is 6.53. The van der Waals surface area contributed by atoms with Gasteiger partial charge < -0.3 is 5.32 Å². The number of nitrogens with zero attached hydrogens (tertiary/aromatic N) is 2. The number of hydrogen-bond acceptors (Lipinski definition) is 2. The fraction of sp³-hybridized carbons (Fsp3) is 0.438. The van der Waals surface area contributed by atoms with E-state index in [0.29, 0.717) is 6.04 Å². The standard InChI is InChI=1S/C16H23N3/c1-4-10-19-16(8-9-18-19)15-7-5-6-14(11-15)12-17-13(2)3/h5-9,11,13,17H,4,10,12H2,1-3H3. The Labute approximate surface area is 115 Å². The Morgan fingerprint density at radius 1 is 1.26 bits per heavy atom. The van der Waals surface area contributed by atoms with E-state index in [1.165, 1.54) is 16.8 Å². The minimum Gasteiger partial charge on any atom is -0.310 e. The normalized spacial score (nSPS) is 11.2. The van der Waals surface area contributed by atoms with Crippen LogP contribution in [0.3, 0.4) is 0 Å². The second-order valence-electron chi connectivity index (χ2n) is 5.18. The maximum Gasteiger partial charge on any atom is 0.0682 e. The molecule has 19 heavy (non-hydrogen) atoms. The number of aryl methyl sites for hydroxylation is 1. The van der Waals surface area contributed by atoms with Gasteiger partial charge in [-0.25, -0.2) is 0 Å². The molecule has 102 valence electrons. The summed E-state index contributed by atoms with van der Waals surface area (Å²) in [6.45, 7) is 8.39. The van der Waals surface area contributed by atoms with Gasteiger partial charge in [-0.1, -0.05) is 39.0 Å². The predicted octanol–water partition coefficient (Wildman–Crippen LogP) is 3.46. The minimum atomic E-state index is 0.509. The molecule has 0 unspecified atom stereocenters. The molecule has 1 aromatic carbocycles. The van der Waals surface area contributed by atoms with Crippen molar-refractivity contribution in [2.24, 2.45) is 0 Å². The van der Waals surface area contributed by atoms with Gasteiger partial charge in [0, 0.05) is 30.9 Å². The Morgan fingerprint density at radius 2 is 2.11 bits per heavy atom. The molecule has 0 atom stereocenters. The smallest absolute Gasteiger partial charge is 0.0682 e. The van der Waals surface area contributed by atoms with Crippen LogP contribution in [0.15, 0.2) is 36.5 Å². The van der Waals surface area contributed by atoms with Gasteiger partial charge in [0.1, 0.15) is 0 Å². The first-order chi connectivity index (χ1) is 9.20. The Balaban J connectivity index is 2.20. The highest BCUT2D eigenvalue weighted by molar-refractivity contribution is 5.60. The van der Waals surface area contributed by atoms with Crippen LogP contribution in [0, 0.1) is 0 Å². The summed E-state index contributed by atoms with van der Waals surface area (Å²) < 4.78 is 2.08. The molecule has 0 aliphatic rings. The summed E-state index contributed by atoms with van der Waals surface area (Å²) in [7, 11) is 0. The van der Waals surface area contributed by atoms with Crippen molar-refractivity contribution < 1.29 is 0 Å². The van der Waals surface area contributed by atoms with Crippen LogP contribution in [-0.4, -0.2) is 15.8 Å². The lowest BCUT2D eigenvalue weighted by Gasteiger charge is -2.10. The van der Waals surface area contributed by atoms with E-state index in [1.54, 1.807) is 0 Å². The monoisotopic (exact) mass is 257 g/mol. The molecule has 0 amide bonds. The number of nitrogens with one attached hydrogen (secondary N) is 1. The molecule has 1 heterocycles. The summed E-state index contributed by atoms with van der Waals surface area (Å²) >= 11 is 0. The molecule has 3 nitrogen and oxygen atoms in total. The molecule has 1 N–H and O–H groups in total. The van der Waals surface area contributed by atoms with E-state index in [4.69, 9.17) is 0 Å². The molecule has 0 saturated heterocycles. The van der Waals surface area contributed by atoms with Crippen molar-refractivity contribution >= 4 is 0 Å². The van der Waals surface area contributed by atoms with Crippen molar-refractivity contribution in [1.82, 2.24) is 15.1 Å². The molecule has 3 heteroatoms. The molecular formula is C16H23N3. The Bertz CT molecular complexity index is 514. The van der Waals surface area contributed by atoms with Gasteiger partial charge in [0.2, 0.25) is 0 Å². The Hall–Kier alpha value is -1.61. The Morgan fingerprint density at radius 3 is 2.84 bits per heavy atom. The lowest BCUT2D eigenvalue weighted by Crippen LogP contribution is -2.21. The largest absolute Gasteiger partial charge is 0.310 e. The van der Waals surface area contributed by atoms with Crippen LogP contribution in [0.25, 0.3) is 11.3 Å². The number of hydrogen-bond donors (Lipinski definition) is 1. The minimum absolute atomic E-state index is 0.509. The molecular weight excluding hydrogens is 234 g/mol. The van der Waals surface area contributed by atoms with Gasteiger partial charge in [0.05, 0.1) is 5.69 Å². The first-order valence-electron chi connectivity index (χ1n) is 7.05. The van der Waals surface area contributed by atoms with Crippen molar-refractivity contribution in [3.05, 3.63) is 42.1 Å². The highest BCUT2D eigenvalue weighted by Crippen LogP contribution is 2.20. The number of aromatic nitrogens is 2. The highest BCUT2D eigenvalue weighted by Gasteiger charge is 2.05. The zero-order valence-electron chi connectivity index (χ0n) is 12.1. The summed E-state index contributed by atoms with van der Waals surface area (Å²) in [5, 5.41) is 7.84. The molecule has 0 saturated carbocycles. The zero-order valence-corrected chi connectivity index (χ0v) is 12.1. The number of rotatable bonds is 6. The van der Waals surface area contributed by atoms with Crippen molar-refractivity contribution in [1.29, 1.82) is 0 Å². The third-order valence-electron chi connectivity index (χ3n) is 3.09. The third kappa shape index (κ3) is 3.67. The van der Waals surface area contributed by atoms with E-state index in [0.717, 1.165) is 19.5 Å². The van der Waals surface area contributed by atoms with Crippen molar-refractivity contribution in [2.75, 3.05) is 0 Å². The molecule has 2 rings (SSSR count). The SMILES string of the molecule is CCCn1nccc1-c1cccc(CNC(C)C)c1. The van der Waals surface area contributed by atoms with E-state index in [-0.39, 0.29) is 0 Å². The maximum atomic E-state index is 4.39. The summed E-state index contributed by atoms with van der Waals surface area (Å²) in [4.78, 5) is 0. The summed E-state index contributed by atoms with van der Waals surface area (Å²) in [5.41, 5.74) is 3.76. The summed E-state index contributed by atoms with van der Waals surface area (Å²) in [5.74, 6) is 0. The highest BCUT2D eigenvalue weighted by atomic mass is 15.3. The van der Waals surface area contributed by atoms with Gasteiger partial charge in [-0.05, 0) is 24.1 Å². The quantitative estimate of drug-likeness (QED) is 0.859. The predicted molar refractivity (Wildman–Crippen MR) is 79.9 cm³/mol. The van der Waals surface area contributed by atoms with Crippen molar-refractivity contribution in [3.8, 4) is 11.3 Å². The molecule has 0 radical (unpaired) electrons. The fourth-order valence-electron chi connectivity index (χ4n) is 2.13. The van der Waals surface area contributed by atoms with Crippen molar-refractivity contribution in [3.63, 3.8) is 0 Å². The molecule has 0 spiro atoms. The molecule has 0 bridgehead atoms. The van der Waals surface area contributed by atoms with Gasteiger partial charge in [-0.2, -0.15) is 5.10 Å². The summed E-state index contributed by atoms with van der Waals surface area (Å²) in [6.07, 6.45) is 2.98. The molecule has 1 aromatic heterocycles. The molecule has 2 aromatic rings. The lowest BCUT2D eigenvalue weighted by atomic mass is 10.1. The molecule has 0 aliphatic carbocycles. The van der Waals surface area contributed by atoms with Crippen LogP contribution in [-0.2, 0) is 13.1 Å². The van der Waals surface area contributed by atoms with E-state index in [1.807, 2.05) is 6.20 Å². The van der Waals surface area contributed by atoms with Crippen LogP contribution >= 0.6 is 0 Å². The molecule has 0 aliphatic heterocycles. The van der Waals surface area contributed by atoms with Gasteiger partial charge in [0.25, 0.3) is 0 Å². The van der Waals surface area contributed by atoms with E-state index < -0.39 is 0 Å². The first-order valence-corrected chi connectivity index (χ1v) is 7.05. The zero-order chi connectivity index (χ0) is 13.7.